The van der Waals surface area contributed by atoms with Crippen LogP contribution >= 0.6 is 0 Å². The van der Waals surface area contributed by atoms with Gasteiger partial charge in [0.2, 0.25) is 0 Å². The normalized spacial score (nSPS) is 11.1. The molecule has 0 amide bonds. The van der Waals surface area contributed by atoms with Crippen molar-refractivity contribution in [3.05, 3.63) is 179 Å². The van der Waals surface area contributed by atoms with Crippen LogP contribution < -0.4 is 24.8 Å². The molecule has 0 aliphatic heterocycles. The molecular weight excluding hydrogens is 885 g/mol. The predicted octanol–water partition coefficient (Wildman–Crippen LogP) is 6.89. The Kier molecular flexibility index (Phi) is 14.9. The summed E-state index contributed by atoms with van der Waals surface area (Å²) in [5.41, 5.74) is 4.97. The third-order valence-electron chi connectivity index (χ3n) is 8.72. The average molecular weight is 924 g/mol. The fourth-order valence-corrected chi connectivity index (χ4v) is 6.93. The minimum atomic E-state index is -2.15. The molecule has 0 bridgehead atoms. The number of fused-ring (bicyclic) bond motifs is 3. The van der Waals surface area contributed by atoms with Gasteiger partial charge in [0.25, 0.3) is 0 Å². The molecule has 7 aromatic rings. The Morgan fingerprint density at radius 3 is 1.26 bits per heavy atom. The van der Waals surface area contributed by atoms with Crippen molar-refractivity contribution in [3.8, 4) is 11.1 Å². The van der Waals surface area contributed by atoms with E-state index in [0.29, 0.717) is 0 Å². The monoisotopic (exact) mass is 924 g/mol. The fourth-order valence-electron chi connectivity index (χ4n) is 5.73. The van der Waals surface area contributed by atoms with Gasteiger partial charge in [0.15, 0.2) is 17.5 Å². The molecule has 0 heterocycles. The minimum absolute atomic E-state index is 0. The second-order valence-electron chi connectivity index (χ2n) is 14.5. The van der Waals surface area contributed by atoms with E-state index >= 15 is 0 Å². The van der Waals surface area contributed by atoms with Crippen LogP contribution in [0.3, 0.4) is 0 Å². The Labute approximate surface area is 335 Å². The Hall–Kier alpha value is -3.71. The SMILES string of the molecule is CC(C)(C)c1ccc2c(c1)[cH-]c1cc(C(C)(C)C)ccc12.Fc1c(F)c(F)c(-c2ccc[cH-]2)c(F)c1F.[Cl-].[Cl-].[Hf+2]=[C](c1ccccc1)c1ccccc1. The van der Waals surface area contributed by atoms with Crippen LogP contribution in [0.2, 0.25) is 0 Å². The first-order valence-corrected chi connectivity index (χ1v) is 18.4. The molecule has 274 valence electrons. The Balaban J connectivity index is 0.000000215. The molecule has 0 atom stereocenters. The molecule has 0 spiro atoms. The summed E-state index contributed by atoms with van der Waals surface area (Å²) in [7, 11) is 0. The predicted molar refractivity (Wildman–Crippen MR) is 198 cm³/mol. The Morgan fingerprint density at radius 1 is 0.509 bits per heavy atom. The van der Waals surface area contributed by atoms with Gasteiger partial charge in [-0.05, 0) is 16.4 Å². The standard InChI is InChI=1S/C21H25.C13H10.C11H4F5.2ClH.Hf/c1-20(2,3)16-7-9-18-14(12-16)11-15-13-17(21(4,5)6)8-10-19(15)18;1-3-7-12(8-4-1)11-13-9-5-2-6-10-13;12-7-6(5-3-1-2-4-5)8(13)10(15)11(16)9(7)14;;;/h7-13H,1-6H3;1-10H;1-4H;2*1H;/q-1;;-1;;;+2/p-2. The maximum atomic E-state index is 13.2. The van der Waals surface area contributed by atoms with Crippen LogP contribution in [0.15, 0.2) is 127 Å². The van der Waals surface area contributed by atoms with Gasteiger partial charge in [-0.2, -0.15) is 18.2 Å². The molecule has 0 nitrogen and oxygen atoms in total. The first kappa shape index (κ1) is 43.7. The van der Waals surface area contributed by atoms with E-state index in [0.717, 1.165) is 23.9 Å². The summed E-state index contributed by atoms with van der Waals surface area (Å²) in [4.78, 5) is 0. The van der Waals surface area contributed by atoms with Crippen molar-refractivity contribution in [2.45, 2.75) is 52.4 Å². The van der Waals surface area contributed by atoms with E-state index in [1.54, 1.807) is 0 Å². The second kappa shape index (κ2) is 18.1. The quantitative estimate of drug-likeness (QED) is 0.0597. The van der Waals surface area contributed by atoms with Crippen LogP contribution in [-0.2, 0) is 34.7 Å². The van der Waals surface area contributed by atoms with E-state index in [4.69, 9.17) is 0 Å². The average Bonchev–Trinajstić information content (AvgIpc) is 3.78. The van der Waals surface area contributed by atoms with E-state index in [2.05, 4.69) is 145 Å². The van der Waals surface area contributed by atoms with E-state index in [1.807, 2.05) is 0 Å². The van der Waals surface area contributed by atoms with Crippen LogP contribution in [0.25, 0.3) is 32.7 Å². The van der Waals surface area contributed by atoms with E-state index in [9.17, 15) is 22.0 Å². The first-order chi connectivity index (χ1) is 24.1. The number of rotatable bonds is 3. The number of halogens is 7. The van der Waals surface area contributed by atoms with Crippen LogP contribution in [0.1, 0.15) is 63.8 Å². The van der Waals surface area contributed by atoms with Gasteiger partial charge in [-0.15, -0.1) is 51.4 Å². The molecule has 0 aliphatic rings. The van der Waals surface area contributed by atoms with Crippen molar-refractivity contribution in [1.29, 1.82) is 0 Å². The van der Waals surface area contributed by atoms with E-state index in [1.165, 1.54) is 71.3 Å². The zero-order chi connectivity index (χ0) is 37.1. The van der Waals surface area contributed by atoms with Crippen molar-refractivity contribution in [2.75, 3.05) is 0 Å². The number of hydrogen-bond donors (Lipinski definition) is 0. The van der Waals surface area contributed by atoms with Crippen LogP contribution in [0.5, 0.6) is 0 Å². The van der Waals surface area contributed by atoms with Gasteiger partial charge in [0, 0.05) is 0 Å². The summed E-state index contributed by atoms with van der Waals surface area (Å²) >= 11 is 1.08. The van der Waals surface area contributed by atoms with Crippen molar-refractivity contribution < 1.29 is 70.7 Å². The topological polar surface area (TPSA) is 0 Å². The second-order valence-corrected chi connectivity index (χ2v) is 16.3. The molecule has 0 aromatic heterocycles. The zero-order valence-corrected chi connectivity index (χ0v) is 35.4. The van der Waals surface area contributed by atoms with Gasteiger partial charge in [0.05, 0.1) is 0 Å². The van der Waals surface area contributed by atoms with Crippen molar-refractivity contribution >= 4 is 24.8 Å². The van der Waals surface area contributed by atoms with Gasteiger partial charge in [-0.3, -0.25) is 0 Å². The summed E-state index contributed by atoms with van der Waals surface area (Å²) < 4.78 is 66.3. The van der Waals surface area contributed by atoms with E-state index in [-0.39, 0.29) is 41.2 Å². The van der Waals surface area contributed by atoms with Crippen molar-refractivity contribution in [3.63, 3.8) is 0 Å². The summed E-state index contributed by atoms with van der Waals surface area (Å²) in [6, 6.07) is 42.8. The Morgan fingerprint density at radius 2 is 0.906 bits per heavy atom. The van der Waals surface area contributed by atoms with Gasteiger partial charge in [-0.25, -0.2) is 22.0 Å². The summed E-state index contributed by atoms with van der Waals surface area (Å²) in [6.07, 6.45) is 0. The molecule has 0 aliphatic carbocycles. The first-order valence-electron chi connectivity index (χ1n) is 16.6. The third kappa shape index (κ3) is 10.1. The van der Waals surface area contributed by atoms with Gasteiger partial charge < -0.3 is 24.8 Å². The van der Waals surface area contributed by atoms with E-state index < -0.39 is 34.6 Å². The number of hydrogen-bond acceptors (Lipinski definition) is 0. The molecule has 7 aromatic carbocycles. The molecule has 0 unspecified atom stereocenters. The molecule has 7 rings (SSSR count). The van der Waals surface area contributed by atoms with Gasteiger partial charge >= 0.3 is 98.9 Å². The molecule has 8 heteroatoms. The third-order valence-corrected chi connectivity index (χ3v) is 10.8. The van der Waals surface area contributed by atoms with Crippen molar-refractivity contribution in [2.24, 2.45) is 0 Å². The van der Waals surface area contributed by atoms with Gasteiger partial charge in [0.1, 0.15) is 11.6 Å². The maximum absolute atomic E-state index is 13.2. The molecule has 0 N–H and O–H groups in total. The van der Waals surface area contributed by atoms with Crippen LogP contribution in [0, 0.1) is 29.1 Å². The molecular formula is C45H39Cl2F5Hf-2. The molecule has 53 heavy (non-hydrogen) atoms. The summed E-state index contributed by atoms with van der Waals surface area (Å²) in [5.74, 6) is -9.65. The van der Waals surface area contributed by atoms with Crippen LogP contribution in [-0.4, -0.2) is 3.26 Å². The zero-order valence-electron chi connectivity index (χ0n) is 30.3. The van der Waals surface area contributed by atoms with Crippen molar-refractivity contribution in [1.82, 2.24) is 0 Å². The molecule has 0 saturated heterocycles. The molecule has 0 saturated carbocycles. The van der Waals surface area contributed by atoms with Gasteiger partial charge in [-0.1, -0.05) is 76.9 Å². The summed E-state index contributed by atoms with van der Waals surface area (Å²) in [6.45, 7) is 13.6. The van der Waals surface area contributed by atoms with Crippen LogP contribution in [0.4, 0.5) is 22.0 Å². The fraction of sp³-hybridized carbons (Fsp3) is 0.178. The number of benzene rings is 5. The summed E-state index contributed by atoms with van der Waals surface area (Å²) in [5, 5.41) is 5.48. The Bertz CT molecular complexity index is 2140. The molecule has 0 radical (unpaired) electrons. The molecule has 0 fully saturated rings.